The molecule has 1 atom stereocenters. The predicted molar refractivity (Wildman–Crippen MR) is 85.6 cm³/mol. The fourth-order valence-electron chi connectivity index (χ4n) is 2.65. The van der Waals surface area contributed by atoms with Gasteiger partial charge in [-0.05, 0) is 31.9 Å². The Morgan fingerprint density at radius 1 is 1.05 bits per heavy atom. The Kier molecular flexibility index (Phi) is 3.69. The number of hydrogen-bond acceptors (Lipinski definition) is 4. The van der Waals surface area contributed by atoms with Crippen molar-refractivity contribution in [2.75, 3.05) is 11.6 Å². The van der Waals surface area contributed by atoms with Gasteiger partial charge < -0.3 is 0 Å². The highest BCUT2D eigenvalue weighted by atomic mass is 15.5. The molecule has 4 nitrogen and oxygen atoms in total. The lowest BCUT2D eigenvalue weighted by Gasteiger charge is -2.28. The summed E-state index contributed by atoms with van der Waals surface area (Å²) in [6.45, 7) is 7.07. The molecule has 0 fully saturated rings. The Hall–Kier alpha value is -2.23. The van der Waals surface area contributed by atoms with Crippen LogP contribution in [0.3, 0.4) is 0 Å². The summed E-state index contributed by atoms with van der Waals surface area (Å²) in [5, 5.41) is 6.74. The van der Waals surface area contributed by atoms with Crippen molar-refractivity contribution < 1.29 is 0 Å². The third-order valence-corrected chi connectivity index (χ3v) is 3.74. The molecular formula is C17H20N4. The summed E-state index contributed by atoms with van der Waals surface area (Å²) >= 11 is 0. The number of hydrogen-bond donors (Lipinski definition) is 0. The number of nitrogens with zero attached hydrogens (tertiary/aromatic N) is 4. The SMILES string of the molecule is Cc1cc(C)nc(N2CCC(C)C(c3ccccc3)=N2)n1. The summed E-state index contributed by atoms with van der Waals surface area (Å²) in [7, 11) is 0. The van der Waals surface area contributed by atoms with Crippen LogP contribution in [-0.2, 0) is 0 Å². The van der Waals surface area contributed by atoms with Gasteiger partial charge in [0.25, 0.3) is 0 Å². The van der Waals surface area contributed by atoms with E-state index in [1.54, 1.807) is 0 Å². The highest BCUT2D eigenvalue weighted by Gasteiger charge is 2.23. The molecule has 0 amide bonds. The molecule has 0 spiro atoms. The standard InChI is InChI=1S/C17H20N4/c1-12-9-10-21(17-18-13(2)11-14(3)19-17)20-16(12)15-7-5-4-6-8-15/h4-8,11-12H,9-10H2,1-3H3. The van der Waals surface area contributed by atoms with Crippen molar-refractivity contribution in [2.45, 2.75) is 27.2 Å². The van der Waals surface area contributed by atoms with Crippen LogP contribution in [0.1, 0.15) is 30.3 Å². The Morgan fingerprint density at radius 3 is 2.38 bits per heavy atom. The van der Waals surface area contributed by atoms with Gasteiger partial charge in [0.2, 0.25) is 5.95 Å². The zero-order valence-corrected chi connectivity index (χ0v) is 12.7. The average Bonchev–Trinajstić information content (AvgIpc) is 2.47. The van der Waals surface area contributed by atoms with Crippen LogP contribution in [0, 0.1) is 19.8 Å². The second kappa shape index (κ2) is 5.64. The number of aryl methyl sites for hydroxylation is 2. The highest BCUT2D eigenvalue weighted by Crippen LogP contribution is 2.22. The van der Waals surface area contributed by atoms with Crippen LogP contribution in [0.2, 0.25) is 0 Å². The Labute approximate surface area is 125 Å². The summed E-state index contributed by atoms with van der Waals surface area (Å²) in [4.78, 5) is 9.04. The molecule has 1 aliphatic rings. The molecule has 4 heteroatoms. The van der Waals surface area contributed by atoms with Crippen LogP contribution in [0.5, 0.6) is 0 Å². The number of anilines is 1. The quantitative estimate of drug-likeness (QED) is 0.847. The van der Waals surface area contributed by atoms with Gasteiger partial charge in [-0.2, -0.15) is 5.10 Å². The van der Waals surface area contributed by atoms with Gasteiger partial charge in [0, 0.05) is 23.9 Å². The molecule has 1 aliphatic heterocycles. The summed E-state index contributed by atoms with van der Waals surface area (Å²) in [5.74, 6) is 1.15. The van der Waals surface area contributed by atoms with Crippen LogP contribution in [0.25, 0.3) is 0 Å². The number of hydrazone groups is 1. The van der Waals surface area contributed by atoms with Gasteiger partial charge in [0.1, 0.15) is 0 Å². The third-order valence-electron chi connectivity index (χ3n) is 3.74. The van der Waals surface area contributed by atoms with E-state index in [1.165, 1.54) is 5.56 Å². The van der Waals surface area contributed by atoms with Crippen molar-refractivity contribution in [3.8, 4) is 0 Å². The molecule has 2 heterocycles. The van der Waals surface area contributed by atoms with Crippen molar-refractivity contribution >= 4 is 11.7 Å². The Balaban J connectivity index is 1.99. The first-order chi connectivity index (χ1) is 10.1. The van der Waals surface area contributed by atoms with Crippen molar-refractivity contribution in [1.29, 1.82) is 0 Å². The van der Waals surface area contributed by atoms with Crippen molar-refractivity contribution in [3.63, 3.8) is 0 Å². The van der Waals surface area contributed by atoms with E-state index in [0.29, 0.717) is 11.9 Å². The van der Waals surface area contributed by atoms with Crippen LogP contribution >= 0.6 is 0 Å². The smallest absolute Gasteiger partial charge is 0.231 e. The van der Waals surface area contributed by atoms with E-state index in [0.717, 1.165) is 30.1 Å². The van der Waals surface area contributed by atoms with E-state index >= 15 is 0 Å². The lowest BCUT2D eigenvalue weighted by molar-refractivity contribution is 0.611. The molecule has 1 aromatic carbocycles. The molecule has 0 radical (unpaired) electrons. The summed E-state index contributed by atoms with van der Waals surface area (Å²) < 4.78 is 0. The fourth-order valence-corrected chi connectivity index (χ4v) is 2.65. The number of aromatic nitrogens is 2. The monoisotopic (exact) mass is 280 g/mol. The largest absolute Gasteiger partial charge is 0.246 e. The second-order valence-corrected chi connectivity index (χ2v) is 5.61. The summed E-state index contributed by atoms with van der Waals surface area (Å²) in [6.07, 6.45) is 1.06. The van der Waals surface area contributed by atoms with Gasteiger partial charge in [0.05, 0.1) is 5.71 Å². The van der Waals surface area contributed by atoms with Crippen LogP contribution in [0.15, 0.2) is 41.5 Å². The molecule has 108 valence electrons. The first-order valence-electron chi connectivity index (χ1n) is 7.37. The van der Waals surface area contributed by atoms with Crippen LogP contribution in [-0.4, -0.2) is 22.2 Å². The molecule has 21 heavy (non-hydrogen) atoms. The lowest BCUT2D eigenvalue weighted by atomic mass is 9.94. The van der Waals surface area contributed by atoms with Crippen molar-refractivity contribution in [2.24, 2.45) is 11.0 Å². The lowest BCUT2D eigenvalue weighted by Crippen LogP contribution is -2.32. The number of rotatable bonds is 2. The van der Waals surface area contributed by atoms with Crippen LogP contribution in [0.4, 0.5) is 5.95 Å². The zero-order chi connectivity index (χ0) is 14.8. The average molecular weight is 280 g/mol. The highest BCUT2D eigenvalue weighted by molar-refractivity contribution is 6.02. The summed E-state index contributed by atoms with van der Waals surface area (Å²) in [6, 6.07) is 12.3. The van der Waals surface area contributed by atoms with E-state index in [9.17, 15) is 0 Å². The molecule has 3 rings (SSSR count). The summed E-state index contributed by atoms with van der Waals surface area (Å²) in [5.41, 5.74) is 4.25. The maximum absolute atomic E-state index is 4.81. The first kappa shape index (κ1) is 13.7. The van der Waals surface area contributed by atoms with Crippen molar-refractivity contribution in [3.05, 3.63) is 53.3 Å². The minimum atomic E-state index is 0.453. The van der Waals surface area contributed by atoms with Crippen molar-refractivity contribution in [1.82, 2.24) is 9.97 Å². The van der Waals surface area contributed by atoms with E-state index in [-0.39, 0.29) is 0 Å². The topological polar surface area (TPSA) is 41.4 Å². The second-order valence-electron chi connectivity index (χ2n) is 5.61. The predicted octanol–water partition coefficient (Wildman–Crippen LogP) is 3.34. The molecule has 0 saturated heterocycles. The van der Waals surface area contributed by atoms with Crippen LogP contribution < -0.4 is 5.01 Å². The van der Waals surface area contributed by atoms with Gasteiger partial charge in [-0.3, -0.25) is 0 Å². The molecule has 0 aliphatic carbocycles. The molecular weight excluding hydrogens is 260 g/mol. The molecule has 0 saturated carbocycles. The minimum Gasteiger partial charge on any atom is -0.231 e. The molecule has 2 aromatic rings. The Bertz CT molecular complexity index is 643. The number of benzene rings is 1. The van der Waals surface area contributed by atoms with E-state index in [4.69, 9.17) is 5.10 Å². The van der Waals surface area contributed by atoms with Gasteiger partial charge in [0.15, 0.2) is 0 Å². The van der Waals surface area contributed by atoms with E-state index < -0.39 is 0 Å². The molecule has 0 bridgehead atoms. The zero-order valence-electron chi connectivity index (χ0n) is 12.7. The molecule has 0 N–H and O–H groups in total. The van der Waals surface area contributed by atoms with Gasteiger partial charge in [-0.25, -0.2) is 15.0 Å². The molecule has 1 aromatic heterocycles. The normalized spacial score (nSPS) is 18.5. The minimum absolute atomic E-state index is 0.453. The Morgan fingerprint density at radius 2 is 1.71 bits per heavy atom. The fraction of sp³-hybridized carbons (Fsp3) is 0.353. The maximum atomic E-state index is 4.81. The third kappa shape index (κ3) is 2.94. The van der Waals surface area contributed by atoms with Gasteiger partial charge >= 0.3 is 0 Å². The van der Waals surface area contributed by atoms with E-state index in [1.807, 2.05) is 31.0 Å². The van der Waals surface area contributed by atoms with Gasteiger partial charge in [-0.1, -0.05) is 37.3 Å². The maximum Gasteiger partial charge on any atom is 0.246 e. The van der Waals surface area contributed by atoms with E-state index in [2.05, 4.69) is 41.2 Å². The first-order valence-corrected chi connectivity index (χ1v) is 7.37. The van der Waals surface area contributed by atoms with Gasteiger partial charge in [-0.15, -0.1) is 0 Å². The molecule has 1 unspecified atom stereocenters.